The van der Waals surface area contributed by atoms with Crippen molar-refractivity contribution in [2.45, 2.75) is 32.2 Å². The molecule has 2 unspecified atom stereocenters. The first-order chi connectivity index (χ1) is 6.17. The molecule has 0 N–H and O–H groups in total. The highest BCUT2D eigenvalue weighted by atomic mass is 35.5. The average molecular weight is 220 g/mol. The normalized spacial score (nSPS) is 38.1. The van der Waals surface area contributed by atoms with E-state index in [1.807, 2.05) is 0 Å². The topological polar surface area (TPSA) is 29.5 Å². The summed E-state index contributed by atoms with van der Waals surface area (Å²) >= 11 is 0. The molecule has 2 atom stereocenters. The molecule has 0 saturated carbocycles. The summed E-state index contributed by atoms with van der Waals surface area (Å²) in [6, 6.07) is 0.344. The van der Waals surface area contributed by atoms with Gasteiger partial charge in [-0.2, -0.15) is 0 Å². The Hall–Kier alpha value is -0.280. The maximum absolute atomic E-state index is 11.7. The molecule has 0 aromatic carbocycles. The molecule has 3 nitrogen and oxygen atoms in total. The van der Waals surface area contributed by atoms with E-state index in [9.17, 15) is 4.79 Å². The molecule has 2 rings (SSSR count). The van der Waals surface area contributed by atoms with Gasteiger partial charge in [-0.05, 0) is 39.8 Å². The molecule has 2 saturated heterocycles. The van der Waals surface area contributed by atoms with Crippen LogP contribution >= 0.6 is 12.4 Å². The standard InChI is InChI=1S/C10H17NO2.ClH/c1-8-10(4-3-6-11(8)2)5-7-13-9(10)12;/h8H,3-7H2,1-2H3;1H. The van der Waals surface area contributed by atoms with Gasteiger partial charge < -0.3 is 9.64 Å². The van der Waals surface area contributed by atoms with Crippen molar-refractivity contribution in [2.75, 3.05) is 20.2 Å². The number of halogens is 1. The largest absolute Gasteiger partial charge is 0.465 e. The monoisotopic (exact) mass is 219 g/mol. The summed E-state index contributed by atoms with van der Waals surface area (Å²) in [4.78, 5) is 13.9. The summed E-state index contributed by atoms with van der Waals surface area (Å²) in [5.41, 5.74) is -0.174. The van der Waals surface area contributed by atoms with Gasteiger partial charge in [0.1, 0.15) is 0 Å². The molecule has 2 aliphatic heterocycles. The van der Waals surface area contributed by atoms with E-state index in [0.29, 0.717) is 12.6 Å². The highest BCUT2D eigenvalue weighted by molar-refractivity contribution is 5.85. The fourth-order valence-electron chi connectivity index (χ4n) is 2.65. The second-order valence-electron chi connectivity index (χ2n) is 4.30. The van der Waals surface area contributed by atoms with Crippen LogP contribution in [0.25, 0.3) is 0 Å². The van der Waals surface area contributed by atoms with E-state index in [-0.39, 0.29) is 23.8 Å². The molecular weight excluding hydrogens is 202 g/mol. The van der Waals surface area contributed by atoms with Gasteiger partial charge in [0, 0.05) is 6.04 Å². The van der Waals surface area contributed by atoms with Crippen LogP contribution in [-0.4, -0.2) is 37.1 Å². The summed E-state index contributed by atoms with van der Waals surface area (Å²) in [5.74, 6) is 0.0338. The fraction of sp³-hybridized carbons (Fsp3) is 0.900. The third-order valence-corrected chi connectivity index (χ3v) is 3.78. The molecule has 82 valence electrons. The lowest BCUT2D eigenvalue weighted by Gasteiger charge is -2.42. The van der Waals surface area contributed by atoms with Crippen molar-refractivity contribution in [3.05, 3.63) is 0 Å². The van der Waals surface area contributed by atoms with Gasteiger partial charge >= 0.3 is 5.97 Å². The van der Waals surface area contributed by atoms with E-state index < -0.39 is 0 Å². The number of carbonyl (C=O) groups excluding carboxylic acids is 1. The zero-order valence-corrected chi connectivity index (χ0v) is 9.60. The third-order valence-electron chi connectivity index (χ3n) is 3.78. The molecule has 0 radical (unpaired) electrons. The zero-order valence-electron chi connectivity index (χ0n) is 8.78. The second-order valence-corrected chi connectivity index (χ2v) is 4.30. The number of carbonyl (C=O) groups is 1. The number of ether oxygens (including phenoxy) is 1. The molecule has 2 fully saturated rings. The lowest BCUT2D eigenvalue weighted by atomic mass is 9.73. The van der Waals surface area contributed by atoms with E-state index in [1.165, 1.54) is 0 Å². The van der Waals surface area contributed by atoms with Crippen molar-refractivity contribution in [1.82, 2.24) is 4.90 Å². The van der Waals surface area contributed by atoms with Crippen molar-refractivity contribution in [2.24, 2.45) is 5.41 Å². The Morgan fingerprint density at radius 1 is 1.50 bits per heavy atom. The molecule has 0 aromatic rings. The lowest BCUT2D eigenvalue weighted by molar-refractivity contribution is -0.151. The van der Waals surface area contributed by atoms with Gasteiger partial charge in [0.2, 0.25) is 0 Å². The molecule has 0 aromatic heterocycles. The summed E-state index contributed by atoms with van der Waals surface area (Å²) in [7, 11) is 2.09. The number of likely N-dealkylation sites (tertiary alicyclic amines) is 1. The van der Waals surface area contributed by atoms with Crippen LogP contribution in [0.3, 0.4) is 0 Å². The van der Waals surface area contributed by atoms with Crippen LogP contribution in [0, 0.1) is 5.41 Å². The van der Waals surface area contributed by atoms with Crippen LogP contribution in [0.5, 0.6) is 0 Å². The first kappa shape index (κ1) is 11.8. The van der Waals surface area contributed by atoms with Crippen molar-refractivity contribution < 1.29 is 9.53 Å². The molecule has 0 aliphatic carbocycles. The van der Waals surface area contributed by atoms with Crippen LogP contribution in [0.1, 0.15) is 26.2 Å². The minimum Gasteiger partial charge on any atom is -0.465 e. The Bertz CT molecular complexity index is 234. The number of hydrogen-bond donors (Lipinski definition) is 0. The molecule has 0 bridgehead atoms. The molecule has 1 spiro atoms. The highest BCUT2D eigenvalue weighted by Gasteiger charge is 2.51. The van der Waals surface area contributed by atoms with Crippen LogP contribution in [0.4, 0.5) is 0 Å². The van der Waals surface area contributed by atoms with Gasteiger partial charge in [0.05, 0.1) is 12.0 Å². The predicted octanol–water partition coefficient (Wildman–Crippen LogP) is 1.46. The Labute approximate surface area is 91.2 Å². The van der Waals surface area contributed by atoms with Crippen molar-refractivity contribution in [3.8, 4) is 0 Å². The third kappa shape index (κ3) is 1.52. The number of rotatable bonds is 0. The van der Waals surface area contributed by atoms with Crippen molar-refractivity contribution >= 4 is 18.4 Å². The summed E-state index contributed by atoms with van der Waals surface area (Å²) in [6.07, 6.45) is 3.05. The van der Waals surface area contributed by atoms with Gasteiger partial charge in [-0.15, -0.1) is 12.4 Å². The molecule has 4 heteroatoms. The number of esters is 1. The Kier molecular flexibility index (Phi) is 3.43. The van der Waals surface area contributed by atoms with E-state index in [0.717, 1.165) is 25.8 Å². The lowest BCUT2D eigenvalue weighted by Crippen LogP contribution is -2.51. The average Bonchev–Trinajstić information content (AvgIpc) is 2.45. The summed E-state index contributed by atoms with van der Waals surface area (Å²) in [5, 5.41) is 0. The summed E-state index contributed by atoms with van der Waals surface area (Å²) in [6.45, 7) is 3.87. The van der Waals surface area contributed by atoms with Crippen LogP contribution < -0.4 is 0 Å². The van der Waals surface area contributed by atoms with Gasteiger partial charge in [-0.3, -0.25) is 4.79 Å². The fourth-order valence-corrected chi connectivity index (χ4v) is 2.65. The quantitative estimate of drug-likeness (QED) is 0.578. The minimum absolute atomic E-state index is 0. The molecule has 14 heavy (non-hydrogen) atoms. The zero-order chi connectivity index (χ0) is 9.47. The van der Waals surface area contributed by atoms with Gasteiger partial charge in [0.15, 0.2) is 0 Å². The predicted molar refractivity (Wildman–Crippen MR) is 56.6 cm³/mol. The minimum atomic E-state index is -0.174. The van der Waals surface area contributed by atoms with Crippen LogP contribution in [-0.2, 0) is 9.53 Å². The molecule has 2 aliphatic rings. The number of piperidine rings is 1. The molecule has 0 amide bonds. The second kappa shape index (κ2) is 4.07. The van der Waals surface area contributed by atoms with Crippen LogP contribution in [0.15, 0.2) is 0 Å². The van der Waals surface area contributed by atoms with Crippen molar-refractivity contribution in [3.63, 3.8) is 0 Å². The maximum atomic E-state index is 11.7. The Balaban J connectivity index is 0.000000980. The number of nitrogens with zero attached hydrogens (tertiary/aromatic N) is 1. The SMILES string of the molecule is CC1N(C)CCCC12CCOC2=O.Cl. The highest BCUT2D eigenvalue weighted by Crippen LogP contribution is 2.42. The van der Waals surface area contributed by atoms with Gasteiger partial charge in [-0.25, -0.2) is 0 Å². The number of cyclic esters (lactones) is 1. The first-order valence-electron chi connectivity index (χ1n) is 5.04. The first-order valence-corrected chi connectivity index (χ1v) is 5.04. The Morgan fingerprint density at radius 2 is 2.21 bits per heavy atom. The summed E-state index contributed by atoms with van der Waals surface area (Å²) < 4.78 is 5.10. The van der Waals surface area contributed by atoms with Crippen LogP contribution in [0.2, 0.25) is 0 Å². The molecule has 2 heterocycles. The van der Waals surface area contributed by atoms with Gasteiger partial charge in [0.25, 0.3) is 0 Å². The van der Waals surface area contributed by atoms with E-state index in [1.54, 1.807) is 0 Å². The smallest absolute Gasteiger partial charge is 0.313 e. The van der Waals surface area contributed by atoms with Crippen molar-refractivity contribution in [1.29, 1.82) is 0 Å². The van der Waals surface area contributed by atoms with E-state index >= 15 is 0 Å². The molecular formula is C10H18ClNO2. The maximum Gasteiger partial charge on any atom is 0.313 e. The number of hydrogen-bond acceptors (Lipinski definition) is 3. The van der Waals surface area contributed by atoms with E-state index in [2.05, 4.69) is 18.9 Å². The Morgan fingerprint density at radius 3 is 2.79 bits per heavy atom. The van der Waals surface area contributed by atoms with Gasteiger partial charge in [-0.1, -0.05) is 0 Å². The van der Waals surface area contributed by atoms with E-state index in [4.69, 9.17) is 4.74 Å².